The Hall–Kier alpha value is -2.73. The van der Waals surface area contributed by atoms with Gasteiger partial charge < -0.3 is 9.84 Å². The van der Waals surface area contributed by atoms with Crippen molar-refractivity contribution in [3.63, 3.8) is 0 Å². The molecule has 1 aromatic heterocycles. The molecule has 29 heavy (non-hydrogen) atoms. The zero-order valence-corrected chi connectivity index (χ0v) is 16.9. The summed E-state index contributed by atoms with van der Waals surface area (Å²) in [5.74, 6) is 0.741. The molecule has 1 saturated carbocycles. The van der Waals surface area contributed by atoms with Gasteiger partial charge >= 0.3 is 5.97 Å². The molecule has 1 aliphatic heterocycles. The van der Waals surface area contributed by atoms with Gasteiger partial charge in [-0.05, 0) is 53.3 Å². The van der Waals surface area contributed by atoms with Crippen LogP contribution in [0.5, 0.6) is 5.75 Å². The van der Waals surface area contributed by atoms with Crippen molar-refractivity contribution in [2.24, 2.45) is 0 Å². The van der Waals surface area contributed by atoms with Gasteiger partial charge in [-0.3, -0.25) is 9.36 Å². The second-order valence-electron chi connectivity index (χ2n) is 7.69. The highest BCUT2D eigenvalue weighted by atomic mass is 32.2. The standard InChI is InChI=1S/C23H21NO4S/c1-28-19-9-8-14(16-4-2-3-5-17(16)19)10-15-11-20(25)24-18(23(26)27)12-29-22(24)21(15)13-6-7-13/h2-5,8-9,11,13,18H,6-7,10,12H2,1H3,(H,26,27)/t18-/m1/s1. The zero-order chi connectivity index (χ0) is 20.1. The molecule has 0 unspecified atom stereocenters. The van der Waals surface area contributed by atoms with Gasteiger partial charge in [-0.2, -0.15) is 0 Å². The molecule has 0 radical (unpaired) electrons. The smallest absolute Gasteiger partial charge is 0.327 e. The molecular formula is C23H21NO4S. The number of aliphatic carboxylic acids is 1. The van der Waals surface area contributed by atoms with Gasteiger partial charge in [0, 0.05) is 17.2 Å². The predicted octanol–water partition coefficient (Wildman–Crippen LogP) is 4.21. The van der Waals surface area contributed by atoms with Crippen molar-refractivity contribution in [1.82, 2.24) is 4.57 Å². The fourth-order valence-electron chi connectivity index (χ4n) is 4.35. The van der Waals surface area contributed by atoms with Crippen molar-refractivity contribution < 1.29 is 14.6 Å². The average Bonchev–Trinajstić information content (AvgIpc) is 3.45. The lowest BCUT2D eigenvalue weighted by molar-refractivity contribution is -0.140. The highest BCUT2D eigenvalue weighted by Gasteiger charge is 2.37. The molecular weight excluding hydrogens is 386 g/mol. The van der Waals surface area contributed by atoms with E-state index in [-0.39, 0.29) is 5.56 Å². The summed E-state index contributed by atoms with van der Waals surface area (Å²) in [5, 5.41) is 12.5. The third-order valence-corrected chi connectivity index (χ3v) is 7.04. The molecule has 1 N–H and O–H groups in total. The Morgan fingerprint density at radius 2 is 1.93 bits per heavy atom. The topological polar surface area (TPSA) is 68.5 Å². The van der Waals surface area contributed by atoms with Gasteiger partial charge in [0.2, 0.25) is 0 Å². The van der Waals surface area contributed by atoms with Crippen LogP contribution in [0.15, 0.2) is 52.3 Å². The van der Waals surface area contributed by atoms with Gasteiger partial charge in [0.1, 0.15) is 11.8 Å². The van der Waals surface area contributed by atoms with Crippen LogP contribution in [0.3, 0.4) is 0 Å². The molecule has 148 valence electrons. The molecule has 6 heteroatoms. The van der Waals surface area contributed by atoms with E-state index in [2.05, 4.69) is 12.1 Å². The van der Waals surface area contributed by atoms with Crippen LogP contribution >= 0.6 is 11.8 Å². The Balaban J connectivity index is 1.65. The Kier molecular flexibility index (Phi) is 4.39. The number of thioether (sulfide) groups is 1. The summed E-state index contributed by atoms with van der Waals surface area (Å²) in [7, 11) is 1.67. The average molecular weight is 407 g/mol. The maximum atomic E-state index is 12.9. The number of benzene rings is 2. The monoisotopic (exact) mass is 407 g/mol. The maximum Gasteiger partial charge on any atom is 0.327 e. The van der Waals surface area contributed by atoms with E-state index in [9.17, 15) is 14.7 Å². The van der Waals surface area contributed by atoms with Crippen molar-refractivity contribution in [1.29, 1.82) is 0 Å². The van der Waals surface area contributed by atoms with Crippen LogP contribution in [-0.2, 0) is 11.2 Å². The number of carbonyl (C=O) groups is 1. The first-order chi connectivity index (χ1) is 14.1. The second kappa shape index (κ2) is 6.95. The number of hydrogen-bond acceptors (Lipinski definition) is 4. The Morgan fingerprint density at radius 1 is 1.17 bits per heavy atom. The number of rotatable bonds is 5. The maximum absolute atomic E-state index is 12.9. The van der Waals surface area contributed by atoms with E-state index in [4.69, 9.17) is 4.74 Å². The van der Waals surface area contributed by atoms with Crippen LogP contribution in [0.1, 0.15) is 41.5 Å². The van der Waals surface area contributed by atoms with Gasteiger partial charge in [-0.1, -0.05) is 30.3 Å². The first-order valence-electron chi connectivity index (χ1n) is 9.77. The number of carboxylic acid groups (broad SMARTS) is 1. The number of ether oxygens (including phenoxy) is 1. The van der Waals surface area contributed by atoms with Crippen LogP contribution in [0.2, 0.25) is 0 Å². The summed E-state index contributed by atoms with van der Waals surface area (Å²) in [4.78, 5) is 24.5. The third-order valence-electron chi connectivity index (χ3n) is 5.87. The number of hydrogen-bond donors (Lipinski definition) is 1. The lowest BCUT2D eigenvalue weighted by Crippen LogP contribution is -2.29. The first kappa shape index (κ1) is 18.3. The molecule has 0 saturated heterocycles. The third kappa shape index (κ3) is 3.02. The van der Waals surface area contributed by atoms with Crippen molar-refractivity contribution >= 4 is 28.5 Å². The molecule has 0 amide bonds. The minimum absolute atomic E-state index is 0.213. The summed E-state index contributed by atoms with van der Waals surface area (Å²) >= 11 is 1.51. The summed E-state index contributed by atoms with van der Waals surface area (Å²) in [6, 6.07) is 13.1. The van der Waals surface area contributed by atoms with Gasteiger partial charge in [0.25, 0.3) is 5.56 Å². The van der Waals surface area contributed by atoms with Crippen LogP contribution in [-0.4, -0.2) is 28.5 Å². The minimum atomic E-state index is -0.936. The number of nitrogens with zero attached hydrogens (tertiary/aromatic N) is 1. The lowest BCUT2D eigenvalue weighted by Gasteiger charge is -2.17. The van der Waals surface area contributed by atoms with Crippen molar-refractivity contribution in [2.75, 3.05) is 12.9 Å². The number of carboxylic acids is 1. The molecule has 1 atom stereocenters. The summed E-state index contributed by atoms with van der Waals surface area (Å²) in [6.07, 6.45) is 2.84. The molecule has 0 bridgehead atoms. The molecule has 1 fully saturated rings. The van der Waals surface area contributed by atoms with Crippen LogP contribution in [0.4, 0.5) is 0 Å². The predicted molar refractivity (Wildman–Crippen MR) is 113 cm³/mol. The minimum Gasteiger partial charge on any atom is -0.496 e. The first-order valence-corrected chi connectivity index (χ1v) is 10.8. The molecule has 5 rings (SSSR count). The van der Waals surface area contributed by atoms with Crippen LogP contribution < -0.4 is 10.3 Å². The van der Waals surface area contributed by atoms with E-state index >= 15 is 0 Å². The Labute approximate surface area is 172 Å². The van der Waals surface area contributed by atoms with Crippen molar-refractivity contribution in [3.8, 4) is 5.75 Å². The van der Waals surface area contributed by atoms with Crippen LogP contribution in [0.25, 0.3) is 10.8 Å². The quantitative estimate of drug-likeness (QED) is 0.686. The van der Waals surface area contributed by atoms with E-state index in [0.717, 1.165) is 45.5 Å². The molecule has 0 spiro atoms. The van der Waals surface area contributed by atoms with Crippen molar-refractivity contribution in [2.45, 2.75) is 36.2 Å². The van der Waals surface area contributed by atoms with Crippen molar-refractivity contribution in [3.05, 3.63) is 69.5 Å². The Bertz CT molecular complexity index is 1200. The van der Waals surface area contributed by atoms with Gasteiger partial charge in [-0.15, -0.1) is 11.8 Å². The molecule has 1 aliphatic carbocycles. The second-order valence-corrected chi connectivity index (χ2v) is 8.69. The van der Waals surface area contributed by atoms with Gasteiger partial charge in [0.15, 0.2) is 0 Å². The van der Waals surface area contributed by atoms with E-state index < -0.39 is 12.0 Å². The normalized spacial score (nSPS) is 18.0. The molecule has 2 aliphatic rings. The zero-order valence-electron chi connectivity index (χ0n) is 16.1. The highest BCUT2D eigenvalue weighted by Crippen LogP contribution is 2.48. The fraction of sp³-hybridized carbons (Fsp3) is 0.304. The fourth-order valence-corrected chi connectivity index (χ4v) is 5.76. The molecule has 5 nitrogen and oxygen atoms in total. The number of aromatic nitrogens is 1. The van der Waals surface area contributed by atoms with E-state index in [1.54, 1.807) is 13.2 Å². The SMILES string of the molecule is COc1ccc(Cc2cc(=O)n3c(c2C2CC2)SC[C@@H]3C(=O)O)c2ccccc12. The lowest BCUT2D eigenvalue weighted by atomic mass is 9.94. The number of fused-ring (bicyclic) bond motifs is 2. The van der Waals surface area contributed by atoms with Gasteiger partial charge in [0.05, 0.1) is 12.1 Å². The largest absolute Gasteiger partial charge is 0.496 e. The summed E-state index contributed by atoms with van der Waals surface area (Å²) < 4.78 is 7.00. The summed E-state index contributed by atoms with van der Waals surface area (Å²) in [6.45, 7) is 0. The van der Waals surface area contributed by atoms with E-state index in [0.29, 0.717) is 18.1 Å². The molecule has 2 aromatic carbocycles. The number of pyridine rings is 1. The van der Waals surface area contributed by atoms with E-state index in [1.165, 1.54) is 21.9 Å². The highest BCUT2D eigenvalue weighted by molar-refractivity contribution is 7.99. The van der Waals surface area contributed by atoms with Gasteiger partial charge in [-0.25, -0.2) is 4.79 Å². The summed E-state index contributed by atoms with van der Waals surface area (Å²) in [5.41, 5.74) is 3.14. The molecule has 2 heterocycles. The molecule has 3 aromatic rings. The Morgan fingerprint density at radius 3 is 2.62 bits per heavy atom. The van der Waals surface area contributed by atoms with E-state index in [1.807, 2.05) is 24.3 Å². The van der Waals surface area contributed by atoms with Crippen LogP contribution in [0, 0.1) is 0 Å². The number of methoxy groups -OCH3 is 1.